The van der Waals surface area contributed by atoms with Crippen LogP contribution in [0.1, 0.15) is 23.5 Å². The summed E-state index contributed by atoms with van der Waals surface area (Å²) in [6.45, 7) is 2.50. The topological polar surface area (TPSA) is 79.4 Å². The lowest BCUT2D eigenvalue weighted by Crippen LogP contribution is -2.46. The lowest BCUT2D eigenvalue weighted by Gasteiger charge is -2.23. The van der Waals surface area contributed by atoms with E-state index in [1.807, 2.05) is 12.3 Å². The van der Waals surface area contributed by atoms with Crippen molar-refractivity contribution < 1.29 is 17.6 Å². The third-order valence-corrected chi connectivity index (χ3v) is 7.04. The van der Waals surface area contributed by atoms with Gasteiger partial charge in [-0.25, -0.2) is 17.8 Å². The molecule has 140 valence electrons. The van der Waals surface area contributed by atoms with Crippen molar-refractivity contribution >= 4 is 27.3 Å². The van der Waals surface area contributed by atoms with Gasteiger partial charge >= 0.3 is 0 Å². The highest BCUT2D eigenvalue weighted by Gasteiger charge is 2.40. The number of aryl methyl sites for hydroxylation is 1. The van der Waals surface area contributed by atoms with Crippen LogP contribution in [0.2, 0.25) is 0 Å². The summed E-state index contributed by atoms with van der Waals surface area (Å²) >= 11 is 1.54. The largest absolute Gasteiger partial charge is 0.354 e. The fourth-order valence-electron chi connectivity index (χ4n) is 3.02. The van der Waals surface area contributed by atoms with Gasteiger partial charge in [-0.05, 0) is 31.9 Å². The van der Waals surface area contributed by atoms with Gasteiger partial charge in [-0.15, -0.1) is 11.3 Å². The van der Waals surface area contributed by atoms with Gasteiger partial charge in [-0.1, -0.05) is 12.1 Å². The fourth-order valence-corrected chi connectivity index (χ4v) is 5.40. The molecule has 1 N–H and O–H groups in total. The number of aromatic nitrogens is 1. The Balaban J connectivity index is 1.67. The number of thiazole rings is 1. The molecule has 0 unspecified atom stereocenters. The molecular formula is C17H20FN3O3S2. The van der Waals surface area contributed by atoms with Crippen LogP contribution in [-0.4, -0.2) is 42.7 Å². The van der Waals surface area contributed by atoms with E-state index in [-0.39, 0.29) is 12.5 Å². The fraction of sp³-hybridized carbons (Fsp3) is 0.412. The third kappa shape index (κ3) is 3.94. The minimum absolute atomic E-state index is 0.208. The van der Waals surface area contributed by atoms with E-state index in [1.165, 1.54) is 18.2 Å². The Bertz CT molecular complexity index is 898. The number of amides is 1. The Morgan fingerprint density at radius 3 is 2.88 bits per heavy atom. The van der Waals surface area contributed by atoms with Crippen LogP contribution in [-0.2, 0) is 21.2 Å². The SMILES string of the molecule is Cc1nc(CCNC(=O)[C@H]2CCCN2S(=O)(=O)c2ccccc2F)cs1. The van der Waals surface area contributed by atoms with Crippen molar-refractivity contribution in [2.75, 3.05) is 13.1 Å². The summed E-state index contributed by atoms with van der Waals surface area (Å²) in [7, 11) is -4.05. The molecule has 1 aromatic heterocycles. The number of sulfonamides is 1. The molecule has 1 atom stereocenters. The molecule has 0 radical (unpaired) electrons. The van der Waals surface area contributed by atoms with Crippen LogP contribution < -0.4 is 5.32 Å². The van der Waals surface area contributed by atoms with Gasteiger partial charge in [0.15, 0.2) is 0 Å². The maximum Gasteiger partial charge on any atom is 0.246 e. The summed E-state index contributed by atoms with van der Waals surface area (Å²) in [4.78, 5) is 16.4. The van der Waals surface area contributed by atoms with Crippen LogP contribution in [0.25, 0.3) is 0 Å². The molecule has 0 bridgehead atoms. The van der Waals surface area contributed by atoms with Crippen molar-refractivity contribution in [3.05, 3.63) is 46.2 Å². The average molecular weight is 397 g/mol. The van der Waals surface area contributed by atoms with Crippen LogP contribution in [0, 0.1) is 12.7 Å². The maximum atomic E-state index is 13.9. The number of carbonyl (C=O) groups excluding carboxylic acids is 1. The van der Waals surface area contributed by atoms with E-state index in [1.54, 1.807) is 11.3 Å². The standard InChI is InChI=1S/C17H20FN3O3S2/c1-12-20-13(11-25-12)8-9-19-17(22)15-6-4-10-21(15)26(23,24)16-7-3-2-5-14(16)18/h2-3,5,7,11,15H,4,6,8-10H2,1H3,(H,19,22)/t15-/m1/s1. The summed E-state index contributed by atoms with van der Waals surface area (Å²) in [5.41, 5.74) is 0.898. The quantitative estimate of drug-likeness (QED) is 0.810. The molecular weight excluding hydrogens is 377 g/mol. The highest BCUT2D eigenvalue weighted by Crippen LogP contribution is 2.27. The zero-order chi connectivity index (χ0) is 18.7. The van der Waals surface area contributed by atoms with E-state index in [0.29, 0.717) is 25.8 Å². The Morgan fingerprint density at radius 1 is 1.42 bits per heavy atom. The van der Waals surface area contributed by atoms with Gasteiger partial charge in [0, 0.05) is 24.9 Å². The van der Waals surface area contributed by atoms with Crippen molar-refractivity contribution in [3.63, 3.8) is 0 Å². The molecule has 1 aliphatic heterocycles. The zero-order valence-electron chi connectivity index (χ0n) is 14.3. The summed E-state index contributed by atoms with van der Waals surface area (Å²) in [5.74, 6) is -1.16. The Hall–Kier alpha value is -1.84. The van der Waals surface area contributed by atoms with Gasteiger partial charge in [0.25, 0.3) is 0 Å². The molecule has 0 saturated carbocycles. The average Bonchev–Trinajstić information content (AvgIpc) is 3.24. The maximum absolute atomic E-state index is 13.9. The minimum Gasteiger partial charge on any atom is -0.354 e. The number of rotatable bonds is 6. The number of hydrogen-bond donors (Lipinski definition) is 1. The van der Waals surface area contributed by atoms with E-state index < -0.39 is 26.8 Å². The molecule has 2 heterocycles. The van der Waals surface area contributed by atoms with E-state index in [2.05, 4.69) is 10.3 Å². The second-order valence-corrected chi connectivity index (χ2v) is 9.02. The number of hydrogen-bond acceptors (Lipinski definition) is 5. The van der Waals surface area contributed by atoms with E-state index in [4.69, 9.17) is 0 Å². The molecule has 1 saturated heterocycles. The Morgan fingerprint density at radius 2 is 2.19 bits per heavy atom. The third-order valence-electron chi connectivity index (χ3n) is 4.28. The second-order valence-electron chi connectivity index (χ2n) is 6.10. The highest BCUT2D eigenvalue weighted by atomic mass is 32.2. The van der Waals surface area contributed by atoms with Crippen molar-refractivity contribution in [2.45, 2.75) is 37.1 Å². The van der Waals surface area contributed by atoms with Gasteiger partial charge in [0.1, 0.15) is 16.8 Å². The molecule has 9 heteroatoms. The number of carbonyl (C=O) groups is 1. The summed E-state index contributed by atoms with van der Waals surface area (Å²) in [5, 5.41) is 5.68. The lowest BCUT2D eigenvalue weighted by atomic mass is 10.2. The molecule has 1 aromatic carbocycles. The first-order valence-electron chi connectivity index (χ1n) is 8.34. The zero-order valence-corrected chi connectivity index (χ0v) is 15.9. The van der Waals surface area contributed by atoms with Gasteiger partial charge in [-0.3, -0.25) is 4.79 Å². The van der Waals surface area contributed by atoms with E-state index in [0.717, 1.165) is 21.1 Å². The second kappa shape index (κ2) is 7.81. The van der Waals surface area contributed by atoms with E-state index in [9.17, 15) is 17.6 Å². The summed E-state index contributed by atoms with van der Waals surface area (Å²) < 4.78 is 40.6. The van der Waals surface area contributed by atoms with Crippen LogP contribution in [0.3, 0.4) is 0 Å². The predicted octanol–water partition coefficient (Wildman–Crippen LogP) is 2.10. The number of benzene rings is 1. The Kier molecular flexibility index (Phi) is 5.69. The molecule has 1 aliphatic rings. The number of halogens is 1. The normalized spacial score (nSPS) is 18.2. The van der Waals surface area contributed by atoms with Crippen LogP contribution in [0.5, 0.6) is 0 Å². The monoisotopic (exact) mass is 397 g/mol. The van der Waals surface area contributed by atoms with Crippen LogP contribution in [0.15, 0.2) is 34.5 Å². The molecule has 0 aliphatic carbocycles. The first-order valence-corrected chi connectivity index (χ1v) is 10.7. The molecule has 6 nitrogen and oxygen atoms in total. The number of nitrogens with zero attached hydrogens (tertiary/aromatic N) is 2. The van der Waals surface area contributed by atoms with E-state index >= 15 is 0 Å². The highest BCUT2D eigenvalue weighted by molar-refractivity contribution is 7.89. The van der Waals surface area contributed by atoms with Crippen molar-refractivity contribution in [3.8, 4) is 0 Å². The molecule has 1 fully saturated rings. The van der Waals surface area contributed by atoms with Gasteiger partial charge < -0.3 is 5.32 Å². The summed E-state index contributed by atoms with van der Waals surface area (Å²) in [6, 6.07) is 4.42. The molecule has 1 amide bonds. The van der Waals surface area contributed by atoms with Gasteiger partial charge in [0.2, 0.25) is 15.9 Å². The molecule has 2 aromatic rings. The minimum atomic E-state index is -4.05. The lowest BCUT2D eigenvalue weighted by molar-refractivity contribution is -0.124. The summed E-state index contributed by atoms with van der Waals surface area (Å²) in [6.07, 6.45) is 1.58. The first-order chi connectivity index (χ1) is 12.4. The van der Waals surface area contributed by atoms with Gasteiger partial charge in [-0.2, -0.15) is 4.31 Å². The van der Waals surface area contributed by atoms with Crippen LogP contribution in [0.4, 0.5) is 4.39 Å². The van der Waals surface area contributed by atoms with Crippen molar-refractivity contribution in [1.82, 2.24) is 14.6 Å². The molecule has 0 spiro atoms. The molecule has 26 heavy (non-hydrogen) atoms. The molecule has 3 rings (SSSR count). The van der Waals surface area contributed by atoms with Crippen molar-refractivity contribution in [2.24, 2.45) is 0 Å². The predicted molar refractivity (Wildman–Crippen MR) is 96.9 cm³/mol. The first kappa shape index (κ1) is 18.9. The Labute approximate surface area is 156 Å². The van der Waals surface area contributed by atoms with Crippen LogP contribution >= 0.6 is 11.3 Å². The smallest absolute Gasteiger partial charge is 0.246 e. The van der Waals surface area contributed by atoms with Gasteiger partial charge in [0.05, 0.1) is 10.7 Å². The van der Waals surface area contributed by atoms with Crippen molar-refractivity contribution in [1.29, 1.82) is 0 Å². The number of nitrogens with one attached hydrogen (secondary N) is 1.